The van der Waals surface area contributed by atoms with Crippen molar-refractivity contribution < 1.29 is 5.11 Å². The van der Waals surface area contributed by atoms with Gasteiger partial charge in [-0.25, -0.2) is 0 Å². The molecule has 100 valence electrons. The van der Waals surface area contributed by atoms with E-state index in [4.69, 9.17) is 11.6 Å². The summed E-state index contributed by atoms with van der Waals surface area (Å²) in [5, 5.41) is 10.1. The van der Waals surface area contributed by atoms with E-state index in [1.807, 2.05) is 18.2 Å². The molecule has 1 aliphatic heterocycles. The average Bonchev–Trinajstić information content (AvgIpc) is 2.38. The smallest absolute Gasteiger partial charge is 0.0702 e. The molecule has 0 radical (unpaired) electrons. The third-order valence-electron chi connectivity index (χ3n) is 3.83. The number of rotatable bonds is 3. The number of hydrogen-bond acceptors (Lipinski definition) is 3. The minimum absolute atomic E-state index is 0.0346. The molecular formula is C14H21ClN2O. The summed E-state index contributed by atoms with van der Waals surface area (Å²) in [5.41, 5.74) is 2.00. The van der Waals surface area contributed by atoms with Crippen molar-refractivity contribution in [3.05, 3.63) is 28.8 Å². The molecule has 1 aromatic carbocycles. The number of anilines is 1. The van der Waals surface area contributed by atoms with Crippen LogP contribution in [0.4, 0.5) is 5.69 Å². The SMILES string of the molecule is CN1CCC(N(C)c2ccc(Cl)cc2CO)CC1. The number of halogens is 1. The maximum absolute atomic E-state index is 9.44. The van der Waals surface area contributed by atoms with Gasteiger partial charge >= 0.3 is 0 Å². The molecule has 1 fully saturated rings. The summed E-state index contributed by atoms with van der Waals surface area (Å²) < 4.78 is 0. The fraction of sp³-hybridized carbons (Fsp3) is 0.571. The number of aliphatic hydroxyl groups is 1. The van der Waals surface area contributed by atoms with E-state index in [2.05, 4.69) is 23.9 Å². The van der Waals surface area contributed by atoms with Gasteiger partial charge in [0.05, 0.1) is 6.61 Å². The minimum atomic E-state index is 0.0346. The van der Waals surface area contributed by atoms with Crippen LogP contribution in [-0.4, -0.2) is 43.2 Å². The van der Waals surface area contributed by atoms with Gasteiger partial charge < -0.3 is 14.9 Å². The fourth-order valence-electron chi connectivity index (χ4n) is 2.60. The second-order valence-corrected chi connectivity index (χ2v) is 5.51. The van der Waals surface area contributed by atoms with Crippen LogP contribution in [-0.2, 0) is 6.61 Å². The Labute approximate surface area is 114 Å². The van der Waals surface area contributed by atoms with Crippen LogP contribution < -0.4 is 4.90 Å². The lowest BCUT2D eigenvalue weighted by atomic mass is 10.0. The minimum Gasteiger partial charge on any atom is -0.392 e. The Morgan fingerprint density at radius 1 is 1.39 bits per heavy atom. The summed E-state index contributed by atoms with van der Waals surface area (Å²) >= 11 is 5.97. The van der Waals surface area contributed by atoms with Crippen LogP contribution in [0, 0.1) is 0 Å². The number of hydrogen-bond donors (Lipinski definition) is 1. The molecule has 18 heavy (non-hydrogen) atoms. The van der Waals surface area contributed by atoms with Gasteiger partial charge in [0.2, 0.25) is 0 Å². The van der Waals surface area contributed by atoms with Crippen molar-refractivity contribution in [3.63, 3.8) is 0 Å². The van der Waals surface area contributed by atoms with Crippen LogP contribution in [0.15, 0.2) is 18.2 Å². The molecule has 0 unspecified atom stereocenters. The van der Waals surface area contributed by atoms with E-state index in [9.17, 15) is 5.11 Å². The molecule has 0 saturated carbocycles. The van der Waals surface area contributed by atoms with E-state index in [0.29, 0.717) is 11.1 Å². The van der Waals surface area contributed by atoms with Crippen LogP contribution in [0.2, 0.25) is 5.02 Å². The highest BCUT2D eigenvalue weighted by molar-refractivity contribution is 6.30. The molecule has 0 atom stereocenters. The topological polar surface area (TPSA) is 26.7 Å². The number of aliphatic hydroxyl groups excluding tert-OH is 1. The van der Waals surface area contributed by atoms with Gasteiger partial charge in [0, 0.05) is 29.4 Å². The van der Waals surface area contributed by atoms with E-state index in [-0.39, 0.29) is 6.61 Å². The number of benzene rings is 1. The number of likely N-dealkylation sites (tertiary alicyclic amines) is 1. The third kappa shape index (κ3) is 2.97. The quantitative estimate of drug-likeness (QED) is 0.912. The third-order valence-corrected chi connectivity index (χ3v) is 4.06. The van der Waals surface area contributed by atoms with Crippen molar-refractivity contribution in [2.24, 2.45) is 0 Å². The Hall–Kier alpha value is -0.770. The second-order valence-electron chi connectivity index (χ2n) is 5.08. The second kappa shape index (κ2) is 5.91. The summed E-state index contributed by atoms with van der Waals surface area (Å²) in [4.78, 5) is 4.65. The summed E-state index contributed by atoms with van der Waals surface area (Å²) in [6.45, 7) is 2.31. The first-order valence-electron chi connectivity index (χ1n) is 6.42. The highest BCUT2D eigenvalue weighted by Crippen LogP contribution is 2.27. The van der Waals surface area contributed by atoms with Gasteiger partial charge in [-0.15, -0.1) is 0 Å². The van der Waals surface area contributed by atoms with Crippen molar-refractivity contribution in [1.82, 2.24) is 4.90 Å². The monoisotopic (exact) mass is 268 g/mol. The van der Waals surface area contributed by atoms with Gasteiger partial charge in [0.25, 0.3) is 0 Å². The van der Waals surface area contributed by atoms with E-state index >= 15 is 0 Å². The lowest BCUT2D eigenvalue weighted by Crippen LogP contribution is -2.42. The lowest BCUT2D eigenvalue weighted by molar-refractivity contribution is 0.251. The highest BCUT2D eigenvalue weighted by atomic mass is 35.5. The standard InChI is InChI=1S/C14H21ClN2O/c1-16-7-5-13(6-8-16)17(2)14-4-3-12(15)9-11(14)10-18/h3-4,9,13,18H,5-8,10H2,1-2H3. The van der Waals surface area contributed by atoms with Crippen LogP contribution >= 0.6 is 11.6 Å². The Morgan fingerprint density at radius 3 is 2.67 bits per heavy atom. The van der Waals surface area contributed by atoms with E-state index in [0.717, 1.165) is 24.3 Å². The van der Waals surface area contributed by atoms with Gasteiger partial charge in [-0.2, -0.15) is 0 Å². The molecule has 0 spiro atoms. The van der Waals surface area contributed by atoms with Gasteiger partial charge in [-0.05, 0) is 51.2 Å². The van der Waals surface area contributed by atoms with Gasteiger partial charge in [-0.1, -0.05) is 11.6 Å². The molecule has 1 aromatic rings. The zero-order valence-corrected chi connectivity index (χ0v) is 11.8. The Bertz CT molecular complexity index is 403. The van der Waals surface area contributed by atoms with Crippen molar-refractivity contribution in [1.29, 1.82) is 0 Å². The number of piperidine rings is 1. The Balaban J connectivity index is 2.15. The molecule has 0 aliphatic carbocycles. The first-order chi connectivity index (χ1) is 8.61. The normalized spacial score (nSPS) is 18.0. The largest absolute Gasteiger partial charge is 0.392 e. The molecule has 0 aromatic heterocycles. The van der Waals surface area contributed by atoms with Crippen LogP contribution in [0.1, 0.15) is 18.4 Å². The first-order valence-corrected chi connectivity index (χ1v) is 6.80. The average molecular weight is 269 g/mol. The summed E-state index contributed by atoms with van der Waals surface area (Å²) in [6.07, 6.45) is 2.33. The zero-order chi connectivity index (χ0) is 13.1. The maximum Gasteiger partial charge on any atom is 0.0702 e. The maximum atomic E-state index is 9.44. The van der Waals surface area contributed by atoms with Crippen molar-refractivity contribution in [2.45, 2.75) is 25.5 Å². The van der Waals surface area contributed by atoms with Crippen LogP contribution in [0.5, 0.6) is 0 Å². The van der Waals surface area contributed by atoms with Crippen LogP contribution in [0.3, 0.4) is 0 Å². The molecule has 3 nitrogen and oxygen atoms in total. The predicted octanol–water partition coefficient (Wildman–Crippen LogP) is 2.36. The summed E-state index contributed by atoms with van der Waals surface area (Å²) in [7, 11) is 4.27. The first kappa shape index (κ1) is 13.7. The summed E-state index contributed by atoms with van der Waals surface area (Å²) in [5.74, 6) is 0. The molecule has 1 aliphatic rings. The predicted molar refractivity (Wildman–Crippen MR) is 76.3 cm³/mol. The van der Waals surface area contributed by atoms with Crippen molar-refractivity contribution in [2.75, 3.05) is 32.1 Å². The fourth-order valence-corrected chi connectivity index (χ4v) is 2.80. The van der Waals surface area contributed by atoms with E-state index in [1.165, 1.54) is 12.8 Å². The Morgan fingerprint density at radius 2 is 2.06 bits per heavy atom. The van der Waals surface area contributed by atoms with E-state index in [1.54, 1.807) is 0 Å². The number of nitrogens with zero attached hydrogens (tertiary/aromatic N) is 2. The molecule has 4 heteroatoms. The molecule has 1 saturated heterocycles. The Kier molecular flexibility index (Phi) is 4.49. The lowest BCUT2D eigenvalue weighted by Gasteiger charge is -2.37. The highest BCUT2D eigenvalue weighted by Gasteiger charge is 2.22. The van der Waals surface area contributed by atoms with Gasteiger partial charge in [0.1, 0.15) is 0 Å². The summed E-state index contributed by atoms with van der Waals surface area (Å²) in [6, 6.07) is 6.29. The van der Waals surface area contributed by atoms with E-state index < -0.39 is 0 Å². The van der Waals surface area contributed by atoms with Crippen molar-refractivity contribution in [3.8, 4) is 0 Å². The molecule has 1 N–H and O–H groups in total. The molecule has 0 bridgehead atoms. The zero-order valence-electron chi connectivity index (χ0n) is 11.1. The van der Waals surface area contributed by atoms with Crippen molar-refractivity contribution >= 4 is 17.3 Å². The van der Waals surface area contributed by atoms with Gasteiger partial charge in [0.15, 0.2) is 0 Å². The molecule has 0 amide bonds. The van der Waals surface area contributed by atoms with Crippen LogP contribution in [0.25, 0.3) is 0 Å². The van der Waals surface area contributed by atoms with Gasteiger partial charge in [-0.3, -0.25) is 0 Å². The molecule has 2 rings (SSSR count). The molecular weight excluding hydrogens is 248 g/mol. The molecule has 1 heterocycles.